The number of imidazole rings is 1. The summed E-state index contributed by atoms with van der Waals surface area (Å²) < 4.78 is 2.58. The van der Waals surface area contributed by atoms with E-state index in [-0.39, 0.29) is 17.7 Å². The van der Waals surface area contributed by atoms with Crippen LogP contribution in [0.5, 0.6) is 5.75 Å². The molecule has 0 unspecified atom stereocenters. The lowest BCUT2D eigenvalue weighted by Crippen LogP contribution is -2.35. The van der Waals surface area contributed by atoms with Crippen LogP contribution in [-0.4, -0.2) is 52.8 Å². The number of phenols is 1. The third-order valence-electron chi connectivity index (χ3n) is 7.06. The maximum Gasteiger partial charge on any atom is 0.271 e. The Morgan fingerprint density at radius 1 is 1.13 bits per heavy atom. The van der Waals surface area contributed by atoms with Crippen LogP contribution in [-0.2, 0) is 13.0 Å². The van der Waals surface area contributed by atoms with E-state index in [0.717, 1.165) is 24.8 Å². The second-order valence-electron chi connectivity index (χ2n) is 9.90. The Hall–Kier alpha value is -3.04. The van der Waals surface area contributed by atoms with E-state index < -0.39 is 0 Å². The van der Waals surface area contributed by atoms with Gasteiger partial charge >= 0.3 is 0 Å². The zero-order chi connectivity index (χ0) is 26.9. The van der Waals surface area contributed by atoms with E-state index in [4.69, 9.17) is 4.98 Å². The normalized spacial score (nSPS) is 14.7. The van der Waals surface area contributed by atoms with Crippen molar-refractivity contribution in [2.75, 3.05) is 30.8 Å². The highest BCUT2D eigenvalue weighted by atomic mass is 79.9. The van der Waals surface area contributed by atoms with Crippen molar-refractivity contribution in [2.45, 2.75) is 64.1 Å². The Morgan fingerprint density at radius 2 is 1.89 bits per heavy atom. The van der Waals surface area contributed by atoms with Gasteiger partial charge < -0.3 is 26.4 Å². The molecule has 0 bridgehead atoms. The van der Waals surface area contributed by atoms with E-state index >= 15 is 0 Å². The van der Waals surface area contributed by atoms with Crippen molar-refractivity contribution in [1.82, 2.24) is 20.2 Å². The summed E-state index contributed by atoms with van der Waals surface area (Å²) >= 11 is 3.42. The molecule has 8 nitrogen and oxygen atoms in total. The van der Waals surface area contributed by atoms with Crippen LogP contribution < -0.4 is 21.3 Å². The minimum Gasteiger partial charge on any atom is -0.507 e. The number of likely N-dealkylation sites (N-methyl/N-ethyl adjacent to an activating group) is 1. The van der Waals surface area contributed by atoms with Crippen LogP contribution in [0.3, 0.4) is 0 Å². The molecule has 3 aromatic rings. The van der Waals surface area contributed by atoms with Gasteiger partial charge in [0.05, 0.1) is 11.0 Å². The molecule has 1 fully saturated rings. The Morgan fingerprint density at radius 3 is 2.58 bits per heavy atom. The lowest BCUT2D eigenvalue weighted by molar-refractivity contribution is 0.0948. The topological polar surface area (TPSA) is 103 Å². The Bertz CT molecular complexity index is 1190. The van der Waals surface area contributed by atoms with Gasteiger partial charge in [0, 0.05) is 25.2 Å². The van der Waals surface area contributed by atoms with E-state index in [2.05, 4.69) is 61.5 Å². The number of carbonyl (C=O) groups excluding carboxylic acids is 1. The van der Waals surface area contributed by atoms with Gasteiger partial charge in [-0.25, -0.2) is 0 Å². The highest BCUT2D eigenvalue weighted by Crippen LogP contribution is 2.29. The molecule has 4 rings (SSSR count). The molecule has 1 amide bonds. The van der Waals surface area contributed by atoms with Gasteiger partial charge in [-0.1, -0.05) is 55.7 Å². The summed E-state index contributed by atoms with van der Waals surface area (Å²) in [6.07, 6.45) is 6.70. The Labute approximate surface area is 233 Å². The molecular weight excluding hydrogens is 544 g/mol. The zero-order valence-electron chi connectivity index (χ0n) is 22.3. The monoisotopic (exact) mass is 582 g/mol. The summed E-state index contributed by atoms with van der Waals surface area (Å²) in [5.41, 5.74) is 2.71. The third kappa shape index (κ3) is 7.29. The maximum absolute atomic E-state index is 13.4. The van der Waals surface area contributed by atoms with E-state index in [1.165, 1.54) is 24.8 Å². The van der Waals surface area contributed by atoms with Crippen molar-refractivity contribution in [1.29, 1.82) is 0 Å². The van der Waals surface area contributed by atoms with Crippen molar-refractivity contribution in [3.8, 4) is 5.75 Å². The molecule has 2 aromatic carbocycles. The summed E-state index contributed by atoms with van der Waals surface area (Å²) in [4.78, 5) is 18.4. The predicted molar refractivity (Wildman–Crippen MR) is 157 cm³/mol. The molecule has 1 aromatic heterocycles. The molecule has 1 aliphatic rings. The largest absolute Gasteiger partial charge is 0.507 e. The molecule has 204 valence electrons. The molecule has 0 radical (unpaired) electrons. The van der Waals surface area contributed by atoms with Crippen molar-refractivity contribution >= 4 is 33.6 Å². The number of carbonyl (C=O) groups is 1. The molecule has 0 aliphatic heterocycles. The quantitative estimate of drug-likeness (QED) is 0.203. The zero-order valence-corrected chi connectivity index (χ0v) is 23.9. The minimum atomic E-state index is -0.166. The van der Waals surface area contributed by atoms with Crippen molar-refractivity contribution in [2.24, 2.45) is 0 Å². The Balaban J connectivity index is 1.66. The maximum atomic E-state index is 13.4. The number of benzene rings is 2. The van der Waals surface area contributed by atoms with Crippen molar-refractivity contribution < 1.29 is 9.90 Å². The molecule has 1 aliphatic carbocycles. The number of hydrogen-bond donors (Lipinski definition) is 5. The standard InChI is InChI=1S/C29H39BrN6O2/c1-3-32-28(38)26-27(33-18-23(31-2)16-20-10-6-4-7-11-20)35-29(34-22-12-8-5-9-13-22)36(26)19-21-14-15-25(37)24(30)17-21/h4,6-7,10-11,14-15,17,22-23,31,33,37H,3,5,8-9,12-13,16,18-19H2,1-2H3,(H,32,38)(H,34,35)/t23-/m1/s1. The first-order valence-corrected chi connectivity index (χ1v) is 14.4. The first kappa shape index (κ1) is 28.0. The number of anilines is 2. The molecule has 38 heavy (non-hydrogen) atoms. The number of aromatic hydroxyl groups is 1. The fraction of sp³-hybridized carbons (Fsp3) is 0.448. The SMILES string of the molecule is CCNC(=O)c1c(NC[C@@H](Cc2ccccc2)NC)nc(NC2CCCCC2)n1Cc1ccc(O)c(Br)c1. The molecular formula is C29H39BrN6O2. The lowest BCUT2D eigenvalue weighted by atomic mass is 9.96. The van der Waals surface area contributed by atoms with E-state index in [1.807, 2.05) is 36.7 Å². The number of halogens is 1. The second-order valence-corrected chi connectivity index (χ2v) is 10.8. The van der Waals surface area contributed by atoms with E-state index in [0.29, 0.717) is 47.6 Å². The smallest absolute Gasteiger partial charge is 0.271 e. The van der Waals surface area contributed by atoms with Crippen molar-refractivity contribution in [3.63, 3.8) is 0 Å². The molecule has 1 atom stereocenters. The van der Waals surface area contributed by atoms with Gasteiger partial charge in [0.25, 0.3) is 5.91 Å². The average Bonchev–Trinajstić information content (AvgIpc) is 3.26. The first-order valence-electron chi connectivity index (χ1n) is 13.6. The van der Waals surface area contributed by atoms with Crippen LogP contribution in [0.15, 0.2) is 53.0 Å². The number of aromatic nitrogens is 2. The van der Waals surface area contributed by atoms with Gasteiger partial charge in [-0.05, 0) is 72.4 Å². The van der Waals surface area contributed by atoms with E-state index in [9.17, 15) is 9.90 Å². The lowest BCUT2D eigenvalue weighted by Gasteiger charge is -2.24. The summed E-state index contributed by atoms with van der Waals surface area (Å²) in [5, 5.41) is 23.5. The summed E-state index contributed by atoms with van der Waals surface area (Å²) in [7, 11) is 1.96. The van der Waals surface area contributed by atoms with Gasteiger partial charge in [0.2, 0.25) is 5.95 Å². The van der Waals surface area contributed by atoms with Crippen LogP contribution in [0.1, 0.15) is 60.6 Å². The van der Waals surface area contributed by atoms with Gasteiger partial charge in [-0.15, -0.1) is 0 Å². The molecule has 1 heterocycles. The molecule has 5 N–H and O–H groups in total. The van der Waals surface area contributed by atoms with Crippen LogP contribution in [0.4, 0.5) is 11.8 Å². The highest BCUT2D eigenvalue weighted by molar-refractivity contribution is 9.10. The summed E-state index contributed by atoms with van der Waals surface area (Å²) in [6.45, 7) is 3.49. The molecule has 1 saturated carbocycles. The number of rotatable bonds is 12. The number of hydrogen-bond acceptors (Lipinski definition) is 6. The number of nitrogens with one attached hydrogen (secondary N) is 4. The van der Waals surface area contributed by atoms with Crippen molar-refractivity contribution in [3.05, 3.63) is 69.8 Å². The van der Waals surface area contributed by atoms with Crippen LogP contribution >= 0.6 is 15.9 Å². The molecule has 0 spiro atoms. The highest BCUT2D eigenvalue weighted by Gasteiger charge is 2.26. The summed E-state index contributed by atoms with van der Waals surface area (Å²) in [6, 6.07) is 16.3. The Kier molecular flexibility index (Phi) is 10.1. The van der Waals surface area contributed by atoms with Crippen LogP contribution in [0, 0.1) is 0 Å². The minimum absolute atomic E-state index is 0.160. The van der Waals surface area contributed by atoms with Crippen LogP contribution in [0.2, 0.25) is 0 Å². The van der Waals surface area contributed by atoms with Gasteiger partial charge in [-0.3, -0.25) is 9.36 Å². The first-order chi connectivity index (χ1) is 18.5. The second kappa shape index (κ2) is 13.7. The van der Waals surface area contributed by atoms with Gasteiger partial charge in [0.15, 0.2) is 11.5 Å². The summed E-state index contributed by atoms with van der Waals surface area (Å²) in [5.74, 6) is 1.28. The fourth-order valence-corrected chi connectivity index (χ4v) is 5.40. The van der Waals surface area contributed by atoms with Crippen LogP contribution in [0.25, 0.3) is 0 Å². The molecule has 9 heteroatoms. The number of nitrogens with zero attached hydrogens (tertiary/aromatic N) is 2. The van der Waals surface area contributed by atoms with Gasteiger partial charge in [0.1, 0.15) is 5.75 Å². The van der Waals surface area contributed by atoms with E-state index in [1.54, 1.807) is 6.07 Å². The average molecular weight is 584 g/mol. The third-order valence-corrected chi connectivity index (χ3v) is 7.70. The van der Waals surface area contributed by atoms with Gasteiger partial charge in [-0.2, -0.15) is 4.98 Å². The predicted octanol–water partition coefficient (Wildman–Crippen LogP) is 5.14. The molecule has 0 saturated heterocycles. The number of amides is 1. The number of phenolic OH excluding ortho intramolecular Hbond substituents is 1. The fourth-order valence-electron chi connectivity index (χ4n) is 4.97.